The molecule has 7 nitrogen and oxygen atoms in total. The average molecular weight is 440 g/mol. The van der Waals surface area contributed by atoms with Crippen LogP contribution in [-0.4, -0.2) is 27.6 Å². The average Bonchev–Trinajstić information content (AvgIpc) is 3.19. The van der Waals surface area contributed by atoms with Crippen molar-refractivity contribution in [3.05, 3.63) is 59.4 Å². The molecule has 2 aromatic heterocycles. The highest BCUT2D eigenvalue weighted by molar-refractivity contribution is 5.91. The van der Waals surface area contributed by atoms with Crippen LogP contribution in [-0.2, 0) is 24.2 Å². The second kappa shape index (κ2) is 10.3. The molecule has 1 aliphatic heterocycles. The molecular weight excluding hydrogens is 420 g/mol. The van der Waals surface area contributed by atoms with Crippen LogP contribution >= 0.6 is 24.8 Å². The van der Waals surface area contributed by atoms with Gasteiger partial charge in [-0.1, -0.05) is 17.3 Å². The minimum atomic E-state index is -0.349. The maximum Gasteiger partial charge on any atom is 0.227 e. The van der Waals surface area contributed by atoms with Crippen molar-refractivity contribution in [1.82, 2.24) is 20.4 Å². The molecule has 1 aromatic carbocycles. The van der Waals surface area contributed by atoms with E-state index in [2.05, 4.69) is 25.8 Å². The number of aromatic nitrogens is 3. The van der Waals surface area contributed by atoms with Gasteiger partial charge in [0.2, 0.25) is 17.6 Å². The Labute approximate surface area is 179 Å². The van der Waals surface area contributed by atoms with Gasteiger partial charge in [-0.3, -0.25) is 9.78 Å². The Bertz CT molecular complexity index is 968. The number of carbonyl (C=O) groups is 1. The Hall–Kier alpha value is -2.55. The molecule has 3 aromatic rings. The fraction of sp³-hybridized carbons (Fsp3) is 0.263. The number of fused-ring (bicyclic) bond motifs is 1. The van der Waals surface area contributed by atoms with Crippen LogP contribution in [0.3, 0.4) is 0 Å². The van der Waals surface area contributed by atoms with Crippen LogP contribution < -0.4 is 10.6 Å². The zero-order valence-electron chi connectivity index (χ0n) is 15.4. The number of amides is 1. The van der Waals surface area contributed by atoms with Crippen LogP contribution in [0.15, 0.2) is 41.1 Å². The predicted octanol–water partition coefficient (Wildman–Crippen LogP) is 3.33. The highest BCUT2D eigenvalue weighted by atomic mass is 35.5. The van der Waals surface area contributed by atoms with E-state index < -0.39 is 0 Å². The van der Waals surface area contributed by atoms with Crippen LogP contribution in [0.25, 0.3) is 11.5 Å². The SMILES string of the molecule is Cl.Cl.O=C(CCc1nc(-c2ccccn2)no1)Nc1ccc2c(c1F)CCNC2. The van der Waals surface area contributed by atoms with E-state index in [1.165, 1.54) is 0 Å². The number of hydrogen-bond donors (Lipinski definition) is 2. The molecule has 154 valence electrons. The summed E-state index contributed by atoms with van der Waals surface area (Å²) in [7, 11) is 0. The van der Waals surface area contributed by atoms with Crippen molar-refractivity contribution < 1.29 is 13.7 Å². The van der Waals surface area contributed by atoms with Crippen LogP contribution in [0.4, 0.5) is 10.1 Å². The second-order valence-electron chi connectivity index (χ2n) is 6.27. The van der Waals surface area contributed by atoms with E-state index in [1.54, 1.807) is 24.4 Å². The van der Waals surface area contributed by atoms with Crippen molar-refractivity contribution in [3.8, 4) is 11.5 Å². The molecule has 29 heavy (non-hydrogen) atoms. The third-order valence-corrected chi connectivity index (χ3v) is 4.41. The topological polar surface area (TPSA) is 92.9 Å². The van der Waals surface area contributed by atoms with Gasteiger partial charge in [-0.15, -0.1) is 24.8 Å². The van der Waals surface area contributed by atoms with Crippen molar-refractivity contribution in [1.29, 1.82) is 0 Å². The number of pyridine rings is 1. The summed E-state index contributed by atoms with van der Waals surface area (Å²) in [6, 6.07) is 8.85. The quantitative estimate of drug-likeness (QED) is 0.633. The van der Waals surface area contributed by atoms with Gasteiger partial charge >= 0.3 is 0 Å². The molecule has 3 heterocycles. The summed E-state index contributed by atoms with van der Waals surface area (Å²) in [6.45, 7) is 1.38. The Morgan fingerprint density at radius 3 is 2.90 bits per heavy atom. The summed E-state index contributed by atoms with van der Waals surface area (Å²) in [5.41, 5.74) is 2.41. The molecule has 10 heteroatoms. The molecule has 0 saturated carbocycles. The van der Waals surface area contributed by atoms with Gasteiger partial charge in [0.05, 0.1) is 5.69 Å². The van der Waals surface area contributed by atoms with Crippen molar-refractivity contribution in [2.75, 3.05) is 11.9 Å². The Balaban J connectivity index is 0.00000150. The fourth-order valence-corrected chi connectivity index (χ4v) is 3.02. The first kappa shape index (κ1) is 22.7. The molecule has 0 aliphatic carbocycles. The Morgan fingerprint density at radius 1 is 1.24 bits per heavy atom. The lowest BCUT2D eigenvalue weighted by atomic mass is 9.99. The lowest BCUT2D eigenvalue weighted by Gasteiger charge is -2.19. The van der Waals surface area contributed by atoms with Crippen molar-refractivity contribution in [2.24, 2.45) is 0 Å². The van der Waals surface area contributed by atoms with E-state index in [0.717, 1.165) is 12.1 Å². The molecule has 0 radical (unpaired) electrons. The molecule has 0 atom stereocenters. The monoisotopic (exact) mass is 439 g/mol. The van der Waals surface area contributed by atoms with Crippen LogP contribution in [0.2, 0.25) is 0 Å². The number of hydrogen-bond acceptors (Lipinski definition) is 6. The van der Waals surface area contributed by atoms with Crippen LogP contribution in [0.1, 0.15) is 23.4 Å². The molecule has 0 unspecified atom stereocenters. The molecule has 0 bridgehead atoms. The minimum Gasteiger partial charge on any atom is -0.339 e. The first-order valence-corrected chi connectivity index (χ1v) is 8.75. The Kier molecular flexibility index (Phi) is 8.07. The summed E-state index contributed by atoms with van der Waals surface area (Å²) in [6.07, 6.45) is 2.63. The van der Waals surface area contributed by atoms with Crippen molar-refractivity contribution in [3.63, 3.8) is 0 Å². The maximum absolute atomic E-state index is 14.6. The lowest BCUT2D eigenvalue weighted by molar-refractivity contribution is -0.116. The molecule has 0 spiro atoms. The number of carbonyl (C=O) groups excluding carboxylic acids is 1. The van der Waals surface area contributed by atoms with E-state index in [-0.39, 0.29) is 55.1 Å². The third kappa shape index (κ3) is 5.29. The molecule has 0 fully saturated rings. The van der Waals surface area contributed by atoms with Gasteiger partial charge in [0.1, 0.15) is 11.5 Å². The summed E-state index contributed by atoms with van der Waals surface area (Å²) in [4.78, 5) is 20.6. The summed E-state index contributed by atoms with van der Waals surface area (Å²) in [5.74, 6) is 0.0566. The van der Waals surface area contributed by atoms with E-state index in [0.29, 0.717) is 35.9 Å². The number of anilines is 1. The fourth-order valence-electron chi connectivity index (χ4n) is 3.02. The van der Waals surface area contributed by atoms with Gasteiger partial charge in [0.15, 0.2) is 0 Å². The van der Waals surface area contributed by atoms with Crippen molar-refractivity contribution >= 4 is 36.4 Å². The third-order valence-electron chi connectivity index (χ3n) is 4.41. The number of aryl methyl sites for hydroxylation is 1. The molecule has 1 aliphatic rings. The predicted molar refractivity (Wildman–Crippen MR) is 111 cm³/mol. The number of nitrogens with one attached hydrogen (secondary N) is 2. The normalized spacial score (nSPS) is 12.3. The van der Waals surface area contributed by atoms with E-state index in [9.17, 15) is 9.18 Å². The van der Waals surface area contributed by atoms with Gasteiger partial charge < -0.3 is 15.2 Å². The van der Waals surface area contributed by atoms with Gasteiger partial charge in [-0.2, -0.15) is 4.98 Å². The van der Waals surface area contributed by atoms with E-state index in [1.807, 2.05) is 12.1 Å². The van der Waals surface area contributed by atoms with Gasteiger partial charge in [-0.25, -0.2) is 4.39 Å². The summed E-state index contributed by atoms with van der Waals surface area (Å²) >= 11 is 0. The first-order valence-electron chi connectivity index (χ1n) is 8.75. The minimum absolute atomic E-state index is 0. The zero-order valence-corrected chi connectivity index (χ0v) is 17.0. The lowest BCUT2D eigenvalue weighted by Crippen LogP contribution is -2.25. The smallest absolute Gasteiger partial charge is 0.227 e. The summed E-state index contributed by atoms with van der Waals surface area (Å²) in [5, 5.41) is 9.70. The van der Waals surface area contributed by atoms with Gasteiger partial charge in [0, 0.05) is 25.6 Å². The number of halogens is 3. The van der Waals surface area contributed by atoms with Crippen LogP contribution in [0, 0.1) is 5.82 Å². The molecule has 2 N–H and O–H groups in total. The summed E-state index contributed by atoms with van der Waals surface area (Å²) < 4.78 is 19.7. The van der Waals surface area contributed by atoms with Gasteiger partial charge in [0.25, 0.3) is 0 Å². The van der Waals surface area contributed by atoms with Gasteiger partial charge in [-0.05, 0) is 42.3 Å². The van der Waals surface area contributed by atoms with Crippen molar-refractivity contribution in [2.45, 2.75) is 25.8 Å². The second-order valence-corrected chi connectivity index (χ2v) is 6.27. The van der Waals surface area contributed by atoms with E-state index in [4.69, 9.17) is 4.52 Å². The number of benzene rings is 1. The molecular formula is C19H20Cl2FN5O2. The number of rotatable bonds is 5. The maximum atomic E-state index is 14.6. The highest BCUT2D eigenvalue weighted by Gasteiger charge is 2.18. The van der Waals surface area contributed by atoms with E-state index >= 15 is 0 Å². The molecule has 0 saturated heterocycles. The Morgan fingerprint density at radius 2 is 2.10 bits per heavy atom. The first-order chi connectivity index (χ1) is 13.2. The largest absolute Gasteiger partial charge is 0.339 e. The standard InChI is InChI=1S/C19H18FN5O2.2ClH/c20-18-13-8-10-21-11-12(13)4-5-14(18)23-16(26)6-7-17-24-19(25-27-17)15-3-1-2-9-22-15;;/h1-5,9,21H,6-8,10-11H2,(H,23,26);2*1H. The molecule has 4 rings (SSSR count). The highest BCUT2D eigenvalue weighted by Crippen LogP contribution is 2.24. The molecule has 1 amide bonds. The van der Waals surface area contributed by atoms with Crippen LogP contribution in [0.5, 0.6) is 0 Å². The zero-order chi connectivity index (χ0) is 18.6. The number of nitrogens with zero attached hydrogens (tertiary/aromatic N) is 3.